The number of nitrogens with zero attached hydrogens (tertiary/aromatic N) is 1. The Labute approximate surface area is 172 Å². The van der Waals surface area contributed by atoms with Crippen LogP contribution in [0.15, 0.2) is 78.0 Å². The van der Waals surface area contributed by atoms with Crippen LogP contribution in [0, 0.1) is 5.82 Å². The van der Waals surface area contributed by atoms with Crippen LogP contribution < -0.4 is 10.1 Å². The molecule has 7 heteroatoms. The number of halogens is 2. The molecule has 148 valence electrons. The summed E-state index contributed by atoms with van der Waals surface area (Å²) in [6.45, 7) is 0.0488. The molecule has 5 nitrogen and oxygen atoms in total. The Bertz CT molecular complexity index is 976. The van der Waals surface area contributed by atoms with Gasteiger partial charge in [0.15, 0.2) is 6.61 Å². The Morgan fingerprint density at radius 1 is 1.03 bits per heavy atom. The average molecular weight is 413 g/mol. The summed E-state index contributed by atoms with van der Waals surface area (Å²) >= 11 is 5.80. The monoisotopic (exact) mass is 412 g/mol. The Morgan fingerprint density at radius 3 is 2.52 bits per heavy atom. The molecule has 0 saturated heterocycles. The summed E-state index contributed by atoms with van der Waals surface area (Å²) < 4.78 is 18.7. The van der Waals surface area contributed by atoms with Crippen molar-refractivity contribution in [2.75, 3.05) is 11.9 Å². The Balaban J connectivity index is 1.50. The fourth-order valence-corrected chi connectivity index (χ4v) is 2.51. The fourth-order valence-electron chi connectivity index (χ4n) is 2.38. The molecule has 3 aromatic carbocycles. The standard InChI is InChI=1S/C22H18ClFN2O3/c23-18-7-11-20(12-8-18)26-22(27)15-29-25-13-17-3-1-2-4-21(17)28-14-16-5-9-19(24)10-6-16/h1-13H,14-15H2,(H,26,27)/b25-13+. The summed E-state index contributed by atoms with van der Waals surface area (Å²) in [5.74, 6) is -0.0429. The zero-order valence-electron chi connectivity index (χ0n) is 15.3. The number of hydrogen-bond donors (Lipinski definition) is 1. The maximum atomic E-state index is 13.0. The first kappa shape index (κ1) is 20.4. The van der Waals surface area contributed by atoms with E-state index in [-0.39, 0.29) is 24.9 Å². The Kier molecular flexibility index (Phi) is 7.19. The van der Waals surface area contributed by atoms with Crippen molar-refractivity contribution in [3.8, 4) is 5.75 Å². The second-order valence-corrected chi connectivity index (χ2v) is 6.45. The summed E-state index contributed by atoms with van der Waals surface area (Å²) in [5, 5.41) is 7.09. The molecule has 0 heterocycles. The summed E-state index contributed by atoms with van der Waals surface area (Å²) in [6.07, 6.45) is 1.47. The van der Waals surface area contributed by atoms with Gasteiger partial charge >= 0.3 is 0 Å². The second kappa shape index (κ2) is 10.2. The van der Waals surface area contributed by atoms with E-state index >= 15 is 0 Å². The lowest BCUT2D eigenvalue weighted by atomic mass is 10.2. The first-order chi connectivity index (χ1) is 14.1. The number of rotatable bonds is 8. The molecule has 0 bridgehead atoms. The molecule has 1 amide bonds. The Morgan fingerprint density at radius 2 is 1.76 bits per heavy atom. The first-order valence-electron chi connectivity index (χ1n) is 8.77. The van der Waals surface area contributed by atoms with Crippen molar-refractivity contribution in [3.63, 3.8) is 0 Å². The van der Waals surface area contributed by atoms with E-state index in [9.17, 15) is 9.18 Å². The highest BCUT2D eigenvalue weighted by atomic mass is 35.5. The fraction of sp³-hybridized carbons (Fsp3) is 0.0909. The molecule has 0 aliphatic rings. The van der Waals surface area contributed by atoms with Crippen molar-refractivity contribution in [1.82, 2.24) is 0 Å². The van der Waals surface area contributed by atoms with Crippen LogP contribution in [0.25, 0.3) is 0 Å². The van der Waals surface area contributed by atoms with E-state index in [4.69, 9.17) is 21.2 Å². The summed E-state index contributed by atoms with van der Waals surface area (Å²) in [4.78, 5) is 16.9. The number of hydrogen-bond acceptors (Lipinski definition) is 4. The van der Waals surface area contributed by atoms with Gasteiger partial charge in [-0.05, 0) is 54.1 Å². The van der Waals surface area contributed by atoms with Gasteiger partial charge < -0.3 is 14.9 Å². The molecule has 29 heavy (non-hydrogen) atoms. The molecule has 0 saturated carbocycles. The number of amides is 1. The predicted octanol–water partition coefficient (Wildman–Crippen LogP) is 5.05. The number of carbonyl (C=O) groups is 1. The summed E-state index contributed by atoms with van der Waals surface area (Å²) in [7, 11) is 0. The summed E-state index contributed by atoms with van der Waals surface area (Å²) in [5.41, 5.74) is 2.15. The van der Waals surface area contributed by atoms with Crippen LogP contribution in [0.2, 0.25) is 5.02 Å². The van der Waals surface area contributed by atoms with E-state index < -0.39 is 0 Å². The van der Waals surface area contributed by atoms with Crippen molar-refractivity contribution in [3.05, 3.63) is 94.8 Å². The van der Waals surface area contributed by atoms with E-state index in [2.05, 4.69) is 10.5 Å². The smallest absolute Gasteiger partial charge is 0.265 e. The number of para-hydroxylation sites is 1. The van der Waals surface area contributed by atoms with Gasteiger partial charge in [0.2, 0.25) is 0 Å². The van der Waals surface area contributed by atoms with Gasteiger partial charge in [-0.1, -0.05) is 41.0 Å². The highest BCUT2D eigenvalue weighted by molar-refractivity contribution is 6.30. The molecule has 0 fully saturated rings. The van der Waals surface area contributed by atoms with Gasteiger partial charge in [-0.2, -0.15) is 0 Å². The van der Waals surface area contributed by atoms with Crippen molar-refractivity contribution in [2.24, 2.45) is 5.16 Å². The van der Waals surface area contributed by atoms with Crippen LogP contribution >= 0.6 is 11.6 Å². The minimum Gasteiger partial charge on any atom is -0.488 e. The van der Waals surface area contributed by atoms with Crippen LogP contribution in [0.3, 0.4) is 0 Å². The molecular formula is C22H18ClFN2O3. The van der Waals surface area contributed by atoms with Gasteiger partial charge in [0.1, 0.15) is 18.2 Å². The van der Waals surface area contributed by atoms with E-state index in [1.165, 1.54) is 18.3 Å². The molecule has 0 unspecified atom stereocenters. The number of ether oxygens (including phenoxy) is 1. The largest absolute Gasteiger partial charge is 0.488 e. The van der Waals surface area contributed by atoms with Crippen LogP contribution in [-0.4, -0.2) is 18.7 Å². The topological polar surface area (TPSA) is 59.9 Å². The molecule has 0 aliphatic carbocycles. The number of carbonyl (C=O) groups excluding carboxylic acids is 1. The van der Waals surface area contributed by atoms with Crippen molar-refractivity contribution in [2.45, 2.75) is 6.61 Å². The number of benzene rings is 3. The minimum absolute atomic E-state index is 0.238. The van der Waals surface area contributed by atoms with E-state index in [0.717, 1.165) is 5.56 Å². The number of anilines is 1. The SMILES string of the molecule is O=C(CO/N=C/c1ccccc1OCc1ccc(F)cc1)Nc1ccc(Cl)cc1. The first-order valence-corrected chi connectivity index (χ1v) is 9.15. The van der Waals surface area contributed by atoms with Crippen LogP contribution in [-0.2, 0) is 16.2 Å². The molecule has 1 N–H and O–H groups in total. The lowest BCUT2D eigenvalue weighted by Gasteiger charge is -2.09. The van der Waals surface area contributed by atoms with E-state index in [0.29, 0.717) is 22.0 Å². The third-order valence-electron chi connectivity index (χ3n) is 3.82. The molecule has 0 aromatic heterocycles. The maximum Gasteiger partial charge on any atom is 0.265 e. The van der Waals surface area contributed by atoms with Crippen molar-refractivity contribution < 1.29 is 18.8 Å². The second-order valence-electron chi connectivity index (χ2n) is 6.02. The molecule has 0 atom stereocenters. The molecule has 3 rings (SSSR count). The van der Waals surface area contributed by atoms with Crippen LogP contribution in [0.1, 0.15) is 11.1 Å². The normalized spacial score (nSPS) is 10.7. The third kappa shape index (κ3) is 6.62. The van der Waals surface area contributed by atoms with Crippen molar-refractivity contribution in [1.29, 1.82) is 0 Å². The molecular weight excluding hydrogens is 395 g/mol. The molecule has 0 aliphatic heterocycles. The van der Waals surface area contributed by atoms with Crippen molar-refractivity contribution >= 4 is 29.4 Å². The highest BCUT2D eigenvalue weighted by Crippen LogP contribution is 2.18. The average Bonchev–Trinajstić information content (AvgIpc) is 2.73. The highest BCUT2D eigenvalue weighted by Gasteiger charge is 2.04. The predicted molar refractivity (Wildman–Crippen MR) is 111 cm³/mol. The maximum absolute atomic E-state index is 13.0. The molecule has 0 radical (unpaired) electrons. The Hall–Kier alpha value is -3.38. The lowest BCUT2D eigenvalue weighted by Crippen LogP contribution is -2.16. The quantitative estimate of drug-likeness (QED) is 0.416. The zero-order valence-corrected chi connectivity index (χ0v) is 16.1. The van der Waals surface area contributed by atoms with E-state index in [1.807, 2.05) is 12.1 Å². The van der Waals surface area contributed by atoms with Gasteiger partial charge in [0.25, 0.3) is 5.91 Å². The van der Waals surface area contributed by atoms with Crippen LogP contribution in [0.4, 0.5) is 10.1 Å². The number of oxime groups is 1. The van der Waals surface area contributed by atoms with E-state index in [1.54, 1.807) is 48.5 Å². The van der Waals surface area contributed by atoms with Crippen LogP contribution in [0.5, 0.6) is 5.75 Å². The number of nitrogens with one attached hydrogen (secondary N) is 1. The van der Waals surface area contributed by atoms with Gasteiger partial charge in [0, 0.05) is 16.3 Å². The van der Waals surface area contributed by atoms with Gasteiger partial charge in [0.05, 0.1) is 6.21 Å². The molecule has 3 aromatic rings. The lowest BCUT2D eigenvalue weighted by molar-refractivity contribution is -0.120. The van der Waals surface area contributed by atoms with Gasteiger partial charge in [-0.3, -0.25) is 4.79 Å². The summed E-state index contributed by atoms with van der Waals surface area (Å²) in [6, 6.07) is 20.1. The zero-order chi connectivity index (χ0) is 20.5. The third-order valence-corrected chi connectivity index (χ3v) is 4.07. The van der Waals surface area contributed by atoms with Gasteiger partial charge in [-0.15, -0.1) is 0 Å². The minimum atomic E-state index is -0.342. The molecule has 0 spiro atoms. The van der Waals surface area contributed by atoms with Gasteiger partial charge in [-0.25, -0.2) is 4.39 Å².